The summed E-state index contributed by atoms with van der Waals surface area (Å²) in [5.41, 5.74) is 2.37. The van der Waals surface area contributed by atoms with Gasteiger partial charge in [-0.3, -0.25) is 4.79 Å². The van der Waals surface area contributed by atoms with Gasteiger partial charge in [-0.2, -0.15) is 4.52 Å². The lowest BCUT2D eigenvalue weighted by Crippen LogP contribution is -2.28. The highest BCUT2D eigenvalue weighted by Gasteiger charge is 2.24. The van der Waals surface area contributed by atoms with Crippen molar-refractivity contribution < 1.29 is 14.1 Å². The summed E-state index contributed by atoms with van der Waals surface area (Å²) in [6.07, 6.45) is 8.84. The Morgan fingerprint density at radius 1 is 1.24 bits per heavy atom. The predicted octanol–water partition coefficient (Wildman–Crippen LogP) is 2.78. The third kappa shape index (κ3) is 3.61. The third-order valence-corrected chi connectivity index (χ3v) is 5.40. The van der Waals surface area contributed by atoms with E-state index in [0.29, 0.717) is 46.1 Å². The first-order chi connectivity index (χ1) is 16.2. The molecular formula is C23H19N7O3. The summed E-state index contributed by atoms with van der Waals surface area (Å²) >= 11 is 0. The highest BCUT2D eigenvalue weighted by atomic mass is 16.5. The van der Waals surface area contributed by atoms with Gasteiger partial charge < -0.3 is 19.9 Å². The number of dihydropyridines is 1. The lowest BCUT2D eigenvalue weighted by molar-refractivity contribution is -0.117. The van der Waals surface area contributed by atoms with Gasteiger partial charge in [-0.25, -0.2) is 0 Å². The molecule has 3 aromatic heterocycles. The fourth-order valence-electron chi connectivity index (χ4n) is 3.54. The number of hydrogen-bond acceptors (Lipinski definition) is 8. The molecule has 0 unspecified atom stereocenters. The van der Waals surface area contributed by atoms with Crippen LogP contribution in [-0.4, -0.2) is 36.9 Å². The molecule has 6 rings (SSSR count). The van der Waals surface area contributed by atoms with Crippen LogP contribution in [0.1, 0.15) is 18.6 Å². The molecule has 2 N–H and O–H groups in total. The van der Waals surface area contributed by atoms with Gasteiger partial charge in [0.2, 0.25) is 11.7 Å². The van der Waals surface area contributed by atoms with Crippen molar-refractivity contribution in [3.8, 4) is 17.4 Å². The number of aromatic nitrogens is 5. The standard InChI is InChI=1S/C23H19N7O3/c1-13-10-19(29-33-13)21-27-26-20-17-4-2-3-5-18(17)23(28-30(20)21)32-12-16-7-6-14(11-24-16)22(31)25-15-8-9-15/h2-7,10-12,15,24H,8-9H2,1H3,(H,25,31). The van der Waals surface area contributed by atoms with Crippen molar-refractivity contribution in [2.45, 2.75) is 25.8 Å². The predicted molar refractivity (Wildman–Crippen MR) is 119 cm³/mol. The first-order valence-corrected chi connectivity index (χ1v) is 10.6. The summed E-state index contributed by atoms with van der Waals surface area (Å²) in [6.45, 7) is 1.81. The Bertz CT molecular complexity index is 1490. The van der Waals surface area contributed by atoms with E-state index in [4.69, 9.17) is 9.26 Å². The van der Waals surface area contributed by atoms with Crippen LogP contribution < -0.4 is 15.4 Å². The largest absolute Gasteiger partial charge is 0.443 e. The second-order valence-electron chi connectivity index (χ2n) is 7.95. The molecule has 1 fully saturated rings. The molecule has 0 atom stereocenters. The number of benzene rings is 1. The van der Waals surface area contributed by atoms with Gasteiger partial charge in [-0.1, -0.05) is 23.4 Å². The molecule has 1 aliphatic carbocycles. The quantitative estimate of drug-likeness (QED) is 0.454. The van der Waals surface area contributed by atoms with Gasteiger partial charge in [-0.15, -0.1) is 15.3 Å². The molecular weight excluding hydrogens is 422 g/mol. The SMILES string of the molecule is Cc1cc(-c2nnc3c4ccccc4c(OC=C4C=CC(C(=O)NC5CC5)=CN4)nn23)no1. The van der Waals surface area contributed by atoms with Crippen molar-refractivity contribution in [3.63, 3.8) is 0 Å². The molecule has 1 amide bonds. The van der Waals surface area contributed by atoms with Crippen molar-refractivity contribution in [1.82, 2.24) is 35.6 Å². The molecule has 2 aliphatic rings. The van der Waals surface area contributed by atoms with E-state index in [2.05, 4.69) is 31.1 Å². The lowest BCUT2D eigenvalue weighted by Gasteiger charge is -2.12. The Labute approximate surface area is 187 Å². The van der Waals surface area contributed by atoms with Gasteiger partial charge in [0.05, 0.1) is 11.3 Å². The van der Waals surface area contributed by atoms with E-state index in [1.165, 1.54) is 0 Å². The van der Waals surface area contributed by atoms with Crippen LogP contribution in [0.4, 0.5) is 0 Å². The fourth-order valence-corrected chi connectivity index (χ4v) is 3.54. The molecule has 33 heavy (non-hydrogen) atoms. The zero-order chi connectivity index (χ0) is 22.4. The molecule has 1 aromatic carbocycles. The van der Waals surface area contributed by atoms with Crippen molar-refractivity contribution in [3.05, 3.63) is 72.0 Å². The molecule has 4 heterocycles. The first-order valence-electron chi connectivity index (χ1n) is 10.6. The maximum Gasteiger partial charge on any atom is 0.252 e. The minimum Gasteiger partial charge on any atom is -0.443 e. The van der Waals surface area contributed by atoms with E-state index in [0.717, 1.165) is 23.6 Å². The van der Waals surface area contributed by atoms with Crippen molar-refractivity contribution in [1.29, 1.82) is 0 Å². The second-order valence-corrected chi connectivity index (χ2v) is 7.95. The van der Waals surface area contributed by atoms with E-state index in [9.17, 15) is 4.79 Å². The summed E-state index contributed by atoms with van der Waals surface area (Å²) in [4.78, 5) is 12.2. The molecule has 10 nitrogen and oxygen atoms in total. The molecule has 1 aliphatic heterocycles. The van der Waals surface area contributed by atoms with E-state index < -0.39 is 0 Å². The number of allylic oxidation sites excluding steroid dienone is 1. The zero-order valence-corrected chi connectivity index (χ0v) is 17.6. The number of ether oxygens (including phenoxy) is 1. The van der Waals surface area contributed by atoms with Crippen molar-refractivity contribution in [2.24, 2.45) is 0 Å². The molecule has 0 spiro atoms. The number of carbonyl (C=O) groups excluding carboxylic acids is 1. The number of nitrogens with one attached hydrogen (secondary N) is 2. The van der Waals surface area contributed by atoms with E-state index >= 15 is 0 Å². The summed E-state index contributed by atoms with van der Waals surface area (Å²) in [7, 11) is 0. The first kappa shape index (κ1) is 19.2. The van der Waals surface area contributed by atoms with Crippen LogP contribution in [0.25, 0.3) is 27.9 Å². The van der Waals surface area contributed by atoms with Crippen molar-refractivity contribution >= 4 is 22.3 Å². The average Bonchev–Trinajstić information content (AvgIpc) is 3.38. The van der Waals surface area contributed by atoms with E-state index in [-0.39, 0.29) is 5.91 Å². The number of rotatable bonds is 5. The lowest BCUT2D eigenvalue weighted by atomic mass is 10.2. The molecule has 1 saturated carbocycles. The van der Waals surface area contributed by atoms with Gasteiger partial charge in [0.15, 0.2) is 11.3 Å². The number of aryl methyl sites for hydroxylation is 1. The number of amides is 1. The number of nitrogens with zero attached hydrogens (tertiary/aromatic N) is 5. The van der Waals surface area contributed by atoms with Crippen LogP contribution in [0, 0.1) is 6.92 Å². The number of hydrogen-bond donors (Lipinski definition) is 2. The molecule has 0 saturated heterocycles. The molecule has 164 valence electrons. The smallest absolute Gasteiger partial charge is 0.252 e. The highest BCUT2D eigenvalue weighted by Crippen LogP contribution is 2.29. The van der Waals surface area contributed by atoms with Crippen molar-refractivity contribution in [2.75, 3.05) is 0 Å². The molecule has 0 radical (unpaired) electrons. The van der Waals surface area contributed by atoms with Crippen LogP contribution in [0.5, 0.6) is 5.88 Å². The van der Waals surface area contributed by atoms with Gasteiger partial charge in [0, 0.05) is 29.1 Å². The van der Waals surface area contributed by atoms with Crippen LogP contribution in [0.2, 0.25) is 0 Å². The number of carbonyl (C=O) groups is 1. The maximum absolute atomic E-state index is 12.2. The van der Waals surface area contributed by atoms with Crippen LogP contribution in [-0.2, 0) is 4.79 Å². The summed E-state index contributed by atoms with van der Waals surface area (Å²) in [6, 6.07) is 9.76. The van der Waals surface area contributed by atoms with Gasteiger partial charge in [0.1, 0.15) is 12.0 Å². The number of fused-ring (bicyclic) bond motifs is 3. The normalized spacial score (nSPS) is 16.8. The fraction of sp³-hybridized carbons (Fsp3) is 0.174. The monoisotopic (exact) mass is 441 g/mol. The molecule has 0 bridgehead atoms. The summed E-state index contributed by atoms with van der Waals surface area (Å²) in [5, 5.41) is 24.9. The minimum atomic E-state index is -0.0810. The van der Waals surface area contributed by atoms with E-state index in [1.807, 2.05) is 31.2 Å². The summed E-state index contributed by atoms with van der Waals surface area (Å²) < 4.78 is 12.7. The average molecular weight is 441 g/mol. The highest BCUT2D eigenvalue weighted by molar-refractivity contribution is 5.97. The minimum absolute atomic E-state index is 0.0810. The van der Waals surface area contributed by atoms with Crippen LogP contribution in [0.3, 0.4) is 0 Å². The Balaban J connectivity index is 1.32. The summed E-state index contributed by atoms with van der Waals surface area (Å²) in [5.74, 6) is 1.41. The Kier molecular flexibility index (Phi) is 4.42. The van der Waals surface area contributed by atoms with Gasteiger partial charge in [0.25, 0.3) is 5.91 Å². The van der Waals surface area contributed by atoms with E-state index in [1.54, 1.807) is 35.2 Å². The van der Waals surface area contributed by atoms with Gasteiger partial charge >= 0.3 is 0 Å². The third-order valence-electron chi connectivity index (χ3n) is 5.40. The second kappa shape index (κ2) is 7.59. The zero-order valence-electron chi connectivity index (χ0n) is 17.6. The maximum atomic E-state index is 12.2. The Morgan fingerprint density at radius 3 is 2.82 bits per heavy atom. The Morgan fingerprint density at radius 2 is 2.09 bits per heavy atom. The van der Waals surface area contributed by atoms with Crippen LogP contribution >= 0.6 is 0 Å². The molecule has 4 aromatic rings. The van der Waals surface area contributed by atoms with Gasteiger partial charge in [-0.05, 0) is 38.0 Å². The molecule has 10 heteroatoms. The van der Waals surface area contributed by atoms with Crippen LogP contribution in [0.15, 0.2) is 70.7 Å². The topological polar surface area (TPSA) is 119 Å². The Hall–Kier alpha value is -4.47.